The van der Waals surface area contributed by atoms with E-state index in [1.54, 1.807) is 4.90 Å². The third kappa shape index (κ3) is 7.51. The molecule has 1 aromatic rings. The number of carbonyl (C=O) groups excluding carboxylic acids is 1. The van der Waals surface area contributed by atoms with Gasteiger partial charge in [-0.3, -0.25) is 14.5 Å². The quantitative estimate of drug-likeness (QED) is 0.451. The number of nitrogen functional groups attached to an aromatic ring is 1. The Labute approximate surface area is 221 Å². The number of nitrogens with two attached hydrogens (primary N) is 1. The Balaban J connectivity index is 1.81. The molecule has 0 bridgehead atoms. The fourth-order valence-corrected chi connectivity index (χ4v) is 5.72. The molecule has 1 unspecified atom stereocenters. The van der Waals surface area contributed by atoms with Crippen LogP contribution in [0.5, 0.6) is 0 Å². The van der Waals surface area contributed by atoms with E-state index in [0.29, 0.717) is 25.6 Å². The van der Waals surface area contributed by atoms with Gasteiger partial charge in [-0.25, -0.2) is 0 Å². The Morgan fingerprint density at radius 2 is 1.73 bits per heavy atom. The van der Waals surface area contributed by atoms with Crippen molar-refractivity contribution in [3.63, 3.8) is 0 Å². The summed E-state index contributed by atoms with van der Waals surface area (Å²) in [5.74, 6) is -3.43. The molecule has 2 aliphatic heterocycles. The Hall–Kier alpha value is -2.04. The fourth-order valence-electron chi connectivity index (χ4n) is 5.48. The number of alkyl halides is 3. The molecule has 2 aliphatic rings. The molecule has 208 valence electrons. The number of aliphatic carboxylic acids is 1. The van der Waals surface area contributed by atoms with Crippen molar-refractivity contribution in [2.75, 3.05) is 52.0 Å². The van der Waals surface area contributed by atoms with Gasteiger partial charge in [-0.15, -0.1) is 0 Å². The molecule has 2 heterocycles. The highest BCUT2D eigenvalue weighted by Gasteiger charge is 2.39. The van der Waals surface area contributed by atoms with Crippen LogP contribution in [0.2, 0.25) is 5.02 Å². The number of piperazine rings is 1. The Morgan fingerprint density at radius 3 is 2.27 bits per heavy atom. The van der Waals surface area contributed by atoms with Gasteiger partial charge in [0, 0.05) is 45.3 Å². The van der Waals surface area contributed by atoms with Gasteiger partial charge in [0.2, 0.25) is 5.91 Å². The molecular formula is C26H38ClF3N4O3. The zero-order valence-corrected chi connectivity index (χ0v) is 22.3. The number of piperidine rings is 1. The van der Waals surface area contributed by atoms with Gasteiger partial charge in [0.25, 0.3) is 0 Å². The number of anilines is 1. The largest absolute Gasteiger partial charge is 0.481 e. The average Bonchev–Trinajstić information content (AvgIpc) is 2.85. The molecule has 3 N–H and O–H groups in total. The van der Waals surface area contributed by atoms with Crippen molar-refractivity contribution in [1.29, 1.82) is 0 Å². The van der Waals surface area contributed by atoms with Gasteiger partial charge in [0.05, 0.1) is 28.1 Å². The van der Waals surface area contributed by atoms with Gasteiger partial charge in [0.1, 0.15) is 0 Å². The summed E-state index contributed by atoms with van der Waals surface area (Å²) in [6.07, 6.45) is -1.67. The minimum atomic E-state index is -4.72. The average molecular weight is 547 g/mol. The number of rotatable bonds is 9. The number of halogens is 4. The first kappa shape index (κ1) is 29.5. The second-order valence-corrected chi connectivity index (χ2v) is 10.7. The highest BCUT2D eigenvalue weighted by Crippen LogP contribution is 2.39. The number of unbranched alkanes of at least 4 members (excludes halogenated alkanes) is 1. The van der Waals surface area contributed by atoms with Gasteiger partial charge in [0.15, 0.2) is 0 Å². The molecule has 11 heteroatoms. The van der Waals surface area contributed by atoms with Crippen LogP contribution in [0.4, 0.5) is 18.9 Å². The standard InChI is InChI=1S/C26H38ClF3N4O3/c1-3-4-5-19(25(36)37)20(14-17-15-21(26(28,29)30)23(31)22(27)16-17)24(35)34-8-6-18(7-9-34)33-12-10-32(2)11-13-33/h15-16,18-20H,3-14,31H2,1-2H3,(H,36,37)/t19-,20?/m0/s1. The van der Waals surface area contributed by atoms with Crippen LogP contribution in [0.15, 0.2) is 12.1 Å². The second kappa shape index (κ2) is 12.7. The van der Waals surface area contributed by atoms with Gasteiger partial charge < -0.3 is 20.6 Å². The monoisotopic (exact) mass is 546 g/mol. The number of amides is 1. The zero-order chi connectivity index (χ0) is 27.3. The number of carboxylic acids is 1. The van der Waals surface area contributed by atoms with Crippen molar-refractivity contribution >= 4 is 29.2 Å². The number of likely N-dealkylation sites (tertiary alicyclic amines) is 1. The summed E-state index contributed by atoms with van der Waals surface area (Å²) in [7, 11) is 2.10. The summed E-state index contributed by atoms with van der Waals surface area (Å²) in [5.41, 5.74) is 4.08. The van der Waals surface area contributed by atoms with E-state index < -0.39 is 35.2 Å². The van der Waals surface area contributed by atoms with Gasteiger partial charge >= 0.3 is 12.1 Å². The molecule has 0 saturated carbocycles. The number of carboxylic acid groups (broad SMARTS) is 1. The van der Waals surface area contributed by atoms with Crippen LogP contribution in [-0.2, 0) is 22.2 Å². The molecule has 1 amide bonds. The number of likely N-dealkylation sites (N-methyl/N-ethyl adjacent to an activating group) is 1. The van der Waals surface area contributed by atoms with Crippen molar-refractivity contribution < 1.29 is 27.9 Å². The van der Waals surface area contributed by atoms with Crippen molar-refractivity contribution in [2.45, 2.75) is 57.7 Å². The van der Waals surface area contributed by atoms with E-state index in [-0.39, 0.29) is 29.3 Å². The SMILES string of the molecule is CCCC[C@H](C(=O)O)C(Cc1cc(Cl)c(N)c(C(F)(F)F)c1)C(=O)N1CCC(N2CCN(C)CC2)CC1. The topological polar surface area (TPSA) is 90.1 Å². The van der Waals surface area contributed by atoms with Crippen molar-refractivity contribution in [3.05, 3.63) is 28.3 Å². The van der Waals surface area contributed by atoms with Crippen LogP contribution in [0.1, 0.15) is 50.2 Å². The maximum atomic E-state index is 13.7. The van der Waals surface area contributed by atoms with E-state index in [2.05, 4.69) is 16.8 Å². The van der Waals surface area contributed by atoms with Crippen LogP contribution in [-0.4, -0.2) is 84.0 Å². The third-order valence-corrected chi connectivity index (χ3v) is 8.08. The van der Waals surface area contributed by atoms with Crippen LogP contribution >= 0.6 is 11.6 Å². The molecule has 0 aliphatic carbocycles. The molecule has 2 fully saturated rings. The van der Waals surface area contributed by atoms with E-state index in [1.165, 1.54) is 6.07 Å². The number of carbonyl (C=O) groups is 2. The highest BCUT2D eigenvalue weighted by atomic mass is 35.5. The third-order valence-electron chi connectivity index (χ3n) is 7.77. The van der Waals surface area contributed by atoms with Gasteiger partial charge in [-0.05, 0) is 50.4 Å². The van der Waals surface area contributed by atoms with Crippen LogP contribution in [0.25, 0.3) is 0 Å². The van der Waals surface area contributed by atoms with E-state index in [9.17, 15) is 27.9 Å². The predicted octanol–water partition coefficient (Wildman–Crippen LogP) is 4.23. The lowest BCUT2D eigenvalue weighted by Crippen LogP contribution is -2.54. The molecule has 3 rings (SSSR count). The first-order valence-corrected chi connectivity index (χ1v) is 13.4. The number of nitrogens with zero attached hydrogens (tertiary/aromatic N) is 3. The van der Waals surface area contributed by atoms with Gasteiger partial charge in [-0.2, -0.15) is 13.2 Å². The minimum absolute atomic E-state index is 0.152. The molecule has 0 aromatic heterocycles. The molecule has 1 aromatic carbocycles. The maximum Gasteiger partial charge on any atom is 0.418 e. The number of benzene rings is 1. The van der Waals surface area contributed by atoms with E-state index in [0.717, 1.165) is 51.5 Å². The summed E-state index contributed by atoms with van der Waals surface area (Å²) in [6.45, 7) is 6.90. The smallest absolute Gasteiger partial charge is 0.418 e. The van der Waals surface area contributed by atoms with Gasteiger partial charge in [-0.1, -0.05) is 31.4 Å². The summed E-state index contributed by atoms with van der Waals surface area (Å²) >= 11 is 6.02. The first-order chi connectivity index (χ1) is 17.4. The lowest BCUT2D eigenvalue weighted by Gasteiger charge is -2.43. The predicted molar refractivity (Wildman–Crippen MR) is 137 cm³/mol. The molecule has 2 saturated heterocycles. The van der Waals surface area contributed by atoms with Crippen LogP contribution in [0, 0.1) is 11.8 Å². The van der Waals surface area contributed by atoms with E-state index in [4.69, 9.17) is 17.3 Å². The minimum Gasteiger partial charge on any atom is -0.481 e. The summed E-state index contributed by atoms with van der Waals surface area (Å²) in [5, 5.41) is 9.74. The fraction of sp³-hybridized carbons (Fsp3) is 0.692. The van der Waals surface area contributed by atoms with Crippen LogP contribution in [0.3, 0.4) is 0 Å². The first-order valence-electron chi connectivity index (χ1n) is 13.0. The second-order valence-electron chi connectivity index (χ2n) is 10.3. The summed E-state index contributed by atoms with van der Waals surface area (Å²) in [6, 6.07) is 2.57. The molecule has 2 atom stereocenters. The normalized spacial score (nSPS) is 20.1. The Bertz CT molecular complexity index is 946. The molecule has 0 radical (unpaired) electrons. The molecule has 0 spiro atoms. The summed E-state index contributed by atoms with van der Waals surface area (Å²) in [4.78, 5) is 32.4. The van der Waals surface area contributed by atoms with E-state index >= 15 is 0 Å². The zero-order valence-electron chi connectivity index (χ0n) is 21.6. The highest BCUT2D eigenvalue weighted by molar-refractivity contribution is 6.33. The Morgan fingerprint density at radius 1 is 1.11 bits per heavy atom. The lowest BCUT2D eigenvalue weighted by molar-refractivity contribution is -0.151. The number of hydrogen-bond donors (Lipinski definition) is 2. The molecular weight excluding hydrogens is 509 g/mol. The summed E-state index contributed by atoms with van der Waals surface area (Å²) < 4.78 is 40.6. The van der Waals surface area contributed by atoms with Crippen LogP contribution < -0.4 is 5.73 Å². The van der Waals surface area contributed by atoms with Crippen molar-refractivity contribution in [3.8, 4) is 0 Å². The Kier molecular flexibility index (Phi) is 10.1. The lowest BCUT2D eigenvalue weighted by atomic mass is 9.81. The molecule has 7 nitrogen and oxygen atoms in total. The molecule has 37 heavy (non-hydrogen) atoms. The van der Waals surface area contributed by atoms with E-state index in [1.807, 2.05) is 6.92 Å². The maximum absolute atomic E-state index is 13.7. The van der Waals surface area contributed by atoms with Crippen molar-refractivity contribution in [2.24, 2.45) is 11.8 Å². The van der Waals surface area contributed by atoms with Crippen molar-refractivity contribution in [1.82, 2.24) is 14.7 Å². The number of hydrogen-bond acceptors (Lipinski definition) is 5.